The highest BCUT2D eigenvalue weighted by Crippen LogP contribution is 2.40. The zero-order chi connectivity index (χ0) is 17.7. The van der Waals surface area contributed by atoms with E-state index >= 15 is 0 Å². The maximum atomic E-state index is 12.3. The molecule has 2 rings (SSSR count). The minimum Gasteiger partial charge on any atom is -0.167 e. The fraction of sp³-hybridized carbons (Fsp3) is 0.600. The third-order valence-electron chi connectivity index (χ3n) is 5.27. The minimum absolute atomic E-state index is 0.230. The number of allylic oxidation sites excluding steroid dienone is 1. The molecule has 0 radical (unpaired) electrons. The van der Waals surface area contributed by atoms with Crippen molar-refractivity contribution < 1.29 is 13.2 Å². The molecule has 1 atom stereocenters. The van der Waals surface area contributed by atoms with Crippen molar-refractivity contribution in [1.29, 1.82) is 0 Å². The highest BCUT2D eigenvalue weighted by Gasteiger charge is 2.26. The summed E-state index contributed by atoms with van der Waals surface area (Å²) in [5.74, 6) is 2.08. The lowest BCUT2D eigenvalue weighted by Crippen LogP contribution is -2.19. The molecule has 0 heterocycles. The van der Waals surface area contributed by atoms with Crippen LogP contribution in [-0.2, 0) is 0 Å². The highest BCUT2D eigenvalue weighted by atomic mass is 35.5. The van der Waals surface area contributed by atoms with Gasteiger partial charge in [-0.2, -0.15) is 13.2 Å². The highest BCUT2D eigenvalue weighted by molar-refractivity contribution is 6.32. The van der Waals surface area contributed by atoms with Crippen LogP contribution in [0, 0.1) is 11.8 Å². The predicted octanol–water partition coefficient (Wildman–Crippen LogP) is 7.63. The van der Waals surface area contributed by atoms with E-state index in [1.807, 2.05) is 12.1 Å². The Balaban J connectivity index is 1.99. The van der Waals surface area contributed by atoms with E-state index in [4.69, 9.17) is 11.6 Å². The quantitative estimate of drug-likeness (QED) is 0.507. The fourth-order valence-electron chi connectivity index (χ4n) is 3.83. The Kier molecular flexibility index (Phi) is 6.79. The predicted molar refractivity (Wildman–Crippen MR) is 95.3 cm³/mol. The first-order valence-electron chi connectivity index (χ1n) is 8.85. The van der Waals surface area contributed by atoms with Crippen molar-refractivity contribution >= 4 is 17.7 Å². The van der Waals surface area contributed by atoms with Crippen molar-refractivity contribution in [3.05, 3.63) is 40.4 Å². The van der Waals surface area contributed by atoms with Crippen LogP contribution in [0.25, 0.3) is 6.08 Å². The first-order chi connectivity index (χ1) is 11.3. The Morgan fingerprint density at radius 3 is 2.42 bits per heavy atom. The molecule has 0 nitrogen and oxygen atoms in total. The van der Waals surface area contributed by atoms with Gasteiger partial charge < -0.3 is 0 Å². The van der Waals surface area contributed by atoms with Gasteiger partial charge in [0.05, 0.1) is 0 Å². The van der Waals surface area contributed by atoms with Crippen LogP contribution in [0.5, 0.6) is 0 Å². The monoisotopic (exact) mass is 358 g/mol. The molecule has 4 heteroatoms. The van der Waals surface area contributed by atoms with Gasteiger partial charge in [-0.15, -0.1) is 0 Å². The molecule has 1 aromatic carbocycles. The Hall–Kier alpha value is -0.960. The second kappa shape index (κ2) is 8.42. The zero-order valence-electron chi connectivity index (χ0n) is 14.4. The average molecular weight is 359 g/mol. The van der Waals surface area contributed by atoms with Gasteiger partial charge in [0.15, 0.2) is 0 Å². The SMILES string of the molecule is CCCC(C)C1CCC(c2ccc(/C=C/C(F)(F)F)c(Cl)c2)CC1. The minimum atomic E-state index is -4.31. The van der Waals surface area contributed by atoms with Gasteiger partial charge in [0, 0.05) is 11.1 Å². The Bertz CT molecular complexity index is 554. The number of hydrogen-bond donors (Lipinski definition) is 0. The van der Waals surface area contributed by atoms with Crippen LogP contribution in [0.2, 0.25) is 5.02 Å². The molecular formula is C20H26ClF3. The molecule has 1 aliphatic rings. The normalized spacial score (nSPS) is 23.6. The zero-order valence-corrected chi connectivity index (χ0v) is 15.1. The van der Waals surface area contributed by atoms with E-state index in [-0.39, 0.29) is 6.08 Å². The molecule has 1 fully saturated rings. The van der Waals surface area contributed by atoms with Gasteiger partial charge in [-0.25, -0.2) is 0 Å². The second-order valence-corrected chi connectivity index (χ2v) is 7.44. The molecule has 0 N–H and O–H groups in total. The first-order valence-corrected chi connectivity index (χ1v) is 9.23. The molecular weight excluding hydrogens is 333 g/mol. The number of halogens is 4. The van der Waals surface area contributed by atoms with Gasteiger partial charge in [0.2, 0.25) is 0 Å². The van der Waals surface area contributed by atoms with E-state index in [9.17, 15) is 13.2 Å². The van der Waals surface area contributed by atoms with Crippen LogP contribution < -0.4 is 0 Å². The molecule has 0 spiro atoms. The van der Waals surface area contributed by atoms with E-state index in [1.54, 1.807) is 6.07 Å². The van der Waals surface area contributed by atoms with Gasteiger partial charge in [0.1, 0.15) is 0 Å². The largest absolute Gasteiger partial charge is 0.409 e. The summed E-state index contributed by atoms with van der Waals surface area (Å²) in [6, 6.07) is 5.48. The van der Waals surface area contributed by atoms with E-state index in [0.29, 0.717) is 16.5 Å². The lowest BCUT2D eigenvalue weighted by Gasteiger charge is -2.32. The summed E-state index contributed by atoms with van der Waals surface area (Å²) in [6.07, 6.45) is 4.25. The van der Waals surface area contributed by atoms with Gasteiger partial charge in [-0.3, -0.25) is 0 Å². The van der Waals surface area contributed by atoms with Gasteiger partial charge >= 0.3 is 6.18 Å². The van der Waals surface area contributed by atoms with Gasteiger partial charge in [-0.1, -0.05) is 50.4 Å². The van der Waals surface area contributed by atoms with Crippen molar-refractivity contribution in [3.63, 3.8) is 0 Å². The number of alkyl halides is 3. The number of rotatable bonds is 5. The molecule has 1 aliphatic carbocycles. The van der Waals surface area contributed by atoms with E-state index in [0.717, 1.165) is 36.3 Å². The van der Waals surface area contributed by atoms with Crippen molar-refractivity contribution in [2.24, 2.45) is 11.8 Å². The van der Waals surface area contributed by atoms with Crippen molar-refractivity contribution in [1.82, 2.24) is 0 Å². The molecule has 1 unspecified atom stereocenters. The summed E-state index contributed by atoms with van der Waals surface area (Å²) in [5.41, 5.74) is 1.58. The number of hydrogen-bond acceptors (Lipinski definition) is 0. The van der Waals surface area contributed by atoms with Crippen LogP contribution in [0.15, 0.2) is 24.3 Å². The van der Waals surface area contributed by atoms with Crippen LogP contribution >= 0.6 is 11.6 Å². The summed E-state index contributed by atoms with van der Waals surface area (Å²) < 4.78 is 36.8. The summed E-state index contributed by atoms with van der Waals surface area (Å²) in [4.78, 5) is 0. The van der Waals surface area contributed by atoms with E-state index in [2.05, 4.69) is 13.8 Å². The average Bonchev–Trinajstić information content (AvgIpc) is 2.53. The van der Waals surface area contributed by atoms with Crippen LogP contribution in [-0.4, -0.2) is 6.18 Å². The molecule has 134 valence electrons. The van der Waals surface area contributed by atoms with Gasteiger partial charge in [-0.05, 0) is 66.7 Å². The molecule has 0 bridgehead atoms. The van der Waals surface area contributed by atoms with Crippen LogP contribution in [0.3, 0.4) is 0 Å². The number of benzene rings is 1. The Labute approximate surface area is 148 Å². The van der Waals surface area contributed by atoms with Crippen molar-refractivity contribution in [2.45, 2.75) is 64.5 Å². The summed E-state index contributed by atoms with van der Waals surface area (Å²) >= 11 is 6.18. The lowest BCUT2D eigenvalue weighted by atomic mass is 9.73. The lowest BCUT2D eigenvalue weighted by molar-refractivity contribution is -0.0790. The molecule has 0 saturated heterocycles. The van der Waals surface area contributed by atoms with Crippen molar-refractivity contribution in [2.75, 3.05) is 0 Å². The maximum absolute atomic E-state index is 12.3. The summed E-state index contributed by atoms with van der Waals surface area (Å²) in [7, 11) is 0. The van der Waals surface area contributed by atoms with E-state index < -0.39 is 6.18 Å². The third-order valence-corrected chi connectivity index (χ3v) is 5.60. The molecule has 0 aromatic heterocycles. The smallest absolute Gasteiger partial charge is 0.167 e. The molecule has 1 aromatic rings. The van der Waals surface area contributed by atoms with Crippen LogP contribution in [0.1, 0.15) is 69.4 Å². The molecule has 1 saturated carbocycles. The Morgan fingerprint density at radius 1 is 1.21 bits per heavy atom. The van der Waals surface area contributed by atoms with Gasteiger partial charge in [0.25, 0.3) is 0 Å². The second-order valence-electron chi connectivity index (χ2n) is 7.03. The standard InChI is InChI=1S/C20H26ClF3/c1-3-4-14(2)15-5-7-16(8-6-15)18-10-9-17(19(21)13-18)11-12-20(22,23)24/h9-16H,3-8H2,1-2H3/b12-11+. The first kappa shape index (κ1) is 19.4. The van der Waals surface area contributed by atoms with Crippen molar-refractivity contribution in [3.8, 4) is 0 Å². The molecule has 24 heavy (non-hydrogen) atoms. The fourth-order valence-corrected chi connectivity index (χ4v) is 4.08. The van der Waals surface area contributed by atoms with Crippen LogP contribution in [0.4, 0.5) is 13.2 Å². The Morgan fingerprint density at radius 2 is 1.88 bits per heavy atom. The summed E-state index contributed by atoms with van der Waals surface area (Å²) in [6.45, 7) is 4.59. The third kappa shape index (κ3) is 5.54. The topological polar surface area (TPSA) is 0 Å². The van der Waals surface area contributed by atoms with E-state index in [1.165, 1.54) is 25.7 Å². The summed E-state index contributed by atoms with van der Waals surface area (Å²) in [5, 5.41) is 0.398. The molecule has 0 aliphatic heterocycles. The maximum Gasteiger partial charge on any atom is 0.409 e. The molecule has 0 amide bonds.